The van der Waals surface area contributed by atoms with Crippen LogP contribution in [0.2, 0.25) is 0 Å². The van der Waals surface area contributed by atoms with Crippen molar-refractivity contribution in [1.29, 1.82) is 0 Å². The third-order valence-corrected chi connectivity index (χ3v) is 4.85. The van der Waals surface area contributed by atoms with Crippen molar-refractivity contribution in [2.75, 3.05) is 12.4 Å². The van der Waals surface area contributed by atoms with E-state index in [1.165, 1.54) is 11.8 Å². The molecule has 0 bridgehead atoms. The Morgan fingerprint density at radius 1 is 1.32 bits per heavy atom. The summed E-state index contributed by atoms with van der Waals surface area (Å²) >= 11 is 1.48. The van der Waals surface area contributed by atoms with Crippen molar-refractivity contribution in [3.05, 3.63) is 36.7 Å². The van der Waals surface area contributed by atoms with Crippen LogP contribution in [0.4, 0.5) is 5.69 Å². The molecule has 0 radical (unpaired) electrons. The van der Waals surface area contributed by atoms with Gasteiger partial charge in [0.05, 0.1) is 12.4 Å². The fourth-order valence-electron chi connectivity index (χ4n) is 1.96. The maximum absolute atomic E-state index is 12.5. The average molecular weight is 319 g/mol. The molecule has 118 valence electrons. The van der Waals surface area contributed by atoms with Crippen molar-refractivity contribution in [3.63, 3.8) is 0 Å². The van der Waals surface area contributed by atoms with Gasteiger partial charge in [-0.2, -0.15) is 0 Å². The summed E-state index contributed by atoms with van der Waals surface area (Å²) in [5.74, 6) is 0.939. The van der Waals surface area contributed by atoms with Crippen molar-refractivity contribution in [2.45, 2.75) is 24.3 Å². The number of anilines is 1. The van der Waals surface area contributed by atoms with Gasteiger partial charge in [0.15, 0.2) is 5.16 Å². The number of hydrogen-bond acceptors (Lipinski definition) is 4. The molecule has 0 spiro atoms. The monoisotopic (exact) mass is 319 g/mol. The van der Waals surface area contributed by atoms with Gasteiger partial charge >= 0.3 is 0 Å². The molecule has 0 aliphatic heterocycles. The highest BCUT2D eigenvalue weighted by Gasteiger charge is 2.25. The summed E-state index contributed by atoms with van der Waals surface area (Å²) in [7, 11) is 3.54. The highest BCUT2D eigenvalue weighted by molar-refractivity contribution is 8.00. The molecule has 1 heterocycles. The first kappa shape index (κ1) is 16.4. The van der Waals surface area contributed by atoms with Crippen LogP contribution in [-0.4, -0.2) is 27.8 Å². The van der Waals surface area contributed by atoms with Crippen LogP contribution < -0.4 is 10.1 Å². The molecule has 1 N–H and O–H groups in total. The van der Waals surface area contributed by atoms with E-state index in [0.29, 0.717) is 0 Å². The smallest absolute Gasteiger partial charge is 0.238 e. The number of aromatic nitrogens is 2. The van der Waals surface area contributed by atoms with E-state index in [-0.39, 0.29) is 17.1 Å². The lowest BCUT2D eigenvalue weighted by atomic mass is 10.1. The molecule has 0 aliphatic carbocycles. The largest absolute Gasteiger partial charge is 0.497 e. The van der Waals surface area contributed by atoms with Crippen LogP contribution in [0.5, 0.6) is 5.75 Å². The van der Waals surface area contributed by atoms with Crippen LogP contribution in [-0.2, 0) is 11.8 Å². The van der Waals surface area contributed by atoms with Crippen molar-refractivity contribution < 1.29 is 9.53 Å². The molecule has 2 rings (SSSR count). The first-order chi connectivity index (χ1) is 10.5. The second-order valence-corrected chi connectivity index (χ2v) is 6.43. The van der Waals surface area contributed by atoms with E-state index in [1.54, 1.807) is 13.3 Å². The highest BCUT2D eigenvalue weighted by atomic mass is 32.2. The van der Waals surface area contributed by atoms with Gasteiger partial charge in [0.25, 0.3) is 0 Å². The lowest BCUT2D eigenvalue weighted by Crippen LogP contribution is -2.29. The number of nitrogens with zero attached hydrogens (tertiary/aromatic N) is 2. The van der Waals surface area contributed by atoms with E-state index in [2.05, 4.69) is 10.3 Å². The standard InChI is InChI=1S/C16H21N3O2S/c1-11(2)14(22-16-17-9-10-19(16)3)15(20)18-12-5-7-13(21-4)8-6-12/h5-11,14H,1-4H3,(H,18,20). The summed E-state index contributed by atoms with van der Waals surface area (Å²) in [4.78, 5) is 16.8. The zero-order chi connectivity index (χ0) is 16.1. The molecule has 2 aromatic rings. The second kappa shape index (κ2) is 7.35. The van der Waals surface area contributed by atoms with Gasteiger partial charge in [-0.25, -0.2) is 4.98 Å². The Labute approximate surface area is 135 Å². The zero-order valence-electron chi connectivity index (χ0n) is 13.2. The van der Waals surface area contributed by atoms with E-state index >= 15 is 0 Å². The Hall–Kier alpha value is -1.95. The molecule has 5 nitrogen and oxygen atoms in total. The van der Waals surface area contributed by atoms with Crippen molar-refractivity contribution in [3.8, 4) is 5.75 Å². The molecule has 0 saturated carbocycles. The Kier molecular flexibility index (Phi) is 5.49. The fourth-order valence-corrected chi connectivity index (χ4v) is 2.97. The van der Waals surface area contributed by atoms with Gasteiger partial charge < -0.3 is 14.6 Å². The molecule has 0 fully saturated rings. The fraction of sp³-hybridized carbons (Fsp3) is 0.375. The van der Waals surface area contributed by atoms with E-state index < -0.39 is 0 Å². The number of imidazole rings is 1. The maximum Gasteiger partial charge on any atom is 0.238 e. The summed E-state index contributed by atoms with van der Waals surface area (Å²) in [6.07, 6.45) is 3.61. The Bertz CT molecular complexity index is 623. The number of thioether (sulfide) groups is 1. The summed E-state index contributed by atoms with van der Waals surface area (Å²) in [5.41, 5.74) is 0.761. The normalized spacial score (nSPS) is 12.2. The molecule has 1 amide bonds. The van der Waals surface area contributed by atoms with Crippen LogP contribution >= 0.6 is 11.8 Å². The van der Waals surface area contributed by atoms with Crippen molar-refractivity contribution >= 4 is 23.4 Å². The van der Waals surface area contributed by atoms with Gasteiger partial charge in [0.2, 0.25) is 5.91 Å². The number of rotatable bonds is 6. The van der Waals surface area contributed by atoms with Crippen molar-refractivity contribution in [2.24, 2.45) is 13.0 Å². The maximum atomic E-state index is 12.5. The number of amides is 1. The molecule has 0 aliphatic rings. The summed E-state index contributed by atoms with van der Waals surface area (Å²) in [6.45, 7) is 4.07. The van der Waals surface area contributed by atoms with Crippen LogP contribution in [0, 0.1) is 5.92 Å². The number of hydrogen-bond donors (Lipinski definition) is 1. The lowest BCUT2D eigenvalue weighted by molar-refractivity contribution is -0.116. The predicted molar refractivity (Wildman–Crippen MR) is 89.3 cm³/mol. The molecule has 1 unspecified atom stereocenters. The highest BCUT2D eigenvalue weighted by Crippen LogP contribution is 2.28. The summed E-state index contributed by atoms with van der Waals surface area (Å²) < 4.78 is 7.03. The minimum absolute atomic E-state index is 0.0202. The minimum atomic E-state index is -0.205. The first-order valence-corrected chi connectivity index (χ1v) is 7.98. The number of benzene rings is 1. The van der Waals surface area contributed by atoms with Gasteiger partial charge in [-0.3, -0.25) is 4.79 Å². The topological polar surface area (TPSA) is 56.1 Å². The lowest BCUT2D eigenvalue weighted by Gasteiger charge is -2.19. The molecule has 22 heavy (non-hydrogen) atoms. The van der Waals surface area contributed by atoms with E-state index in [9.17, 15) is 4.79 Å². The Morgan fingerprint density at radius 3 is 2.50 bits per heavy atom. The van der Waals surface area contributed by atoms with Gasteiger partial charge in [-0.1, -0.05) is 25.6 Å². The van der Waals surface area contributed by atoms with Crippen LogP contribution in [0.1, 0.15) is 13.8 Å². The quantitative estimate of drug-likeness (QED) is 0.831. The van der Waals surface area contributed by atoms with Crippen LogP contribution in [0.15, 0.2) is 41.8 Å². The number of aryl methyl sites for hydroxylation is 1. The van der Waals surface area contributed by atoms with Gasteiger partial charge in [0.1, 0.15) is 5.75 Å². The van der Waals surface area contributed by atoms with Gasteiger partial charge in [-0.05, 0) is 30.2 Å². The molecule has 1 aromatic carbocycles. The van der Waals surface area contributed by atoms with E-state index in [4.69, 9.17) is 4.74 Å². The van der Waals surface area contributed by atoms with Crippen molar-refractivity contribution in [1.82, 2.24) is 9.55 Å². The summed E-state index contributed by atoms with van der Waals surface area (Å²) in [6, 6.07) is 7.32. The average Bonchev–Trinajstić information content (AvgIpc) is 2.90. The minimum Gasteiger partial charge on any atom is -0.497 e. The number of methoxy groups -OCH3 is 1. The molecule has 0 saturated heterocycles. The Morgan fingerprint density at radius 2 is 2.00 bits per heavy atom. The predicted octanol–water partition coefficient (Wildman–Crippen LogP) is 3.18. The van der Waals surface area contributed by atoms with E-state index in [1.807, 2.05) is 55.9 Å². The third kappa shape index (κ3) is 4.04. The van der Waals surface area contributed by atoms with Gasteiger partial charge in [0, 0.05) is 25.1 Å². The SMILES string of the molecule is COc1ccc(NC(=O)C(Sc2nccn2C)C(C)C)cc1. The number of carbonyl (C=O) groups is 1. The second-order valence-electron chi connectivity index (χ2n) is 5.32. The van der Waals surface area contributed by atoms with Gasteiger partial charge in [-0.15, -0.1) is 0 Å². The van der Waals surface area contributed by atoms with Crippen LogP contribution in [0.25, 0.3) is 0 Å². The number of carbonyl (C=O) groups excluding carboxylic acids is 1. The third-order valence-electron chi connectivity index (χ3n) is 3.23. The number of ether oxygens (including phenoxy) is 1. The van der Waals surface area contributed by atoms with Crippen LogP contribution in [0.3, 0.4) is 0 Å². The molecule has 6 heteroatoms. The molecular weight excluding hydrogens is 298 g/mol. The first-order valence-electron chi connectivity index (χ1n) is 7.10. The molecular formula is C16H21N3O2S. The zero-order valence-corrected chi connectivity index (χ0v) is 14.1. The number of nitrogens with one attached hydrogen (secondary N) is 1. The van der Waals surface area contributed by atoms with E-state index in [0.717, 1.165) is 16.6 Å². The molecule has 1 aromatic heterocycles. The summed E-state index contributed by atoms with van der Waals surface area (Å²) in [5, 5.41) is 3.59. The Balaban J connectivity index is 2.07. The molecule has 1 atom stereocenters.